The molecule has 0 amide bonds. The Bertz CT molecular complexity index is 1790. The molecule has 0 atom stereocenters. The molecule has 0 radical (unpaired) electrons. The second-order valence-electron chi connectivity index (χ2n) is 7.83. The highest BCUT2D eigenvalue weighted by molar-refractivity contribution is 7.94. The molecule has 0 spiro atoms. The first-order chi connectivity index (χ1) is 18.2. The molecule has 0 aliphatic carbocycles. The second kappa shape index (κ2) is 10.5. The zero-order chi connectivity index (χ0) is 28.6. The van der Waals surface area contributed by atoms with Crippen LogP contribution in [0.25, 0.3) is 11.1 Å². The van der Waals surface area contributed by atoms with Crippen LogP contribution in [0.5, 0.6) is 0 Å². The number of nitrogens with zero attached hydrogens (tertiary/aromatic N) is 1. The van der Waals surface area contributed by atoms with Crippen LogP contribution in [0.15, 0.2) is 88.0 Å². The molecule has 0 saturated carbocycles. The highest BCUT2D eigenvalue weighted by atomic mass is 35.5. The number of anilines is 2. The lowest BCUT2D eigenvalue weighted by Gasteiger charge is -2.16. The molecule has 4 aromatic rings. The molecule has 16 heteroatoms. The third-order valence-electron chi connectivity index (χ3n) is 5.21. The number of benzene rings is 3. The van der Waals surface area contributed by atoms with Crippen LogP contribution < -0.4 is 9.44 Å². The second-order valence-corrected chi connectivity index (χ2v) is 13.1. The molecule has 3 aromatic carbocycles. The molecular formula is C23H15ClF3N3O6S3. The van der Waals surface area contributed by atoms with Crippen molar-refractivity contribution in [2.24, 2.45) is 0 Å². The predicted octanol–water partition coefficient (Wildman–Crippen LogP) is 6.60. The Balaban J connectivity index is 1.83. The Morgan fingerprint density at radius 3 is 2.15 bits per heavy atom. The normalized spacial score (nSPS) is 12.2. The maximum Gasteiger partial charge on any atom is 0.416 e. The van der Waals surface area contributed by atoms with E-state index in [9.17, 15) is 40.1 Å². The quantitative estimate of drug-likeness (QED) is 0.169. The van der Waals surface area contributed by atoms with Gasteiger partial charge in [-0.05, 0) is 54.1 Å². The van der Waals surface area contributed by atoms with Crippen molar-refractivity contribution in [1.29, 1.82) is 0 Å². The Kier molecular flexibility index (Phi) is 7.62. The summed E-state index contributed by atoms with van der Waals surface area (Å²) < 4.78 is 95.9. The van der Waals surface area contributed by atoms with Gasteiger partial charge in [-0.15, -0.1) is 11.3 Å². The molecule has 39 heavy (non-hydrogen) atoms. The smallest absolute Gasteiger partial charge is 0.277 e. The number of alkyl halides is 3. The molecule has 0 unspecified atom stereocenters. The van der Waals surface area contributed by atoms with Crippen LogP contribution >= 0.6 is 22.9 Å². The number of nitro groups is 1. The zero-order valence-electron chi connectivity index (χ0n) is 19.1. The summed E-state index contributed by atoms with van der Waals surface area (Å²) in [6, 6.07) is 14.7. The van der Waals surface area contributed by atoms with Crippen LogP contribution in [0.3, 0.4) is 0 Å². The third kappa shape index (κ3) is 6.33. The van der Waals surface area contributed by atoms with Crippen molar-refractivity contribution in [2.75, 3.05) is 9.44 Å². The molecule has 2 N–H and O–H groups in total. The number of sulfonamides is 2. The van der Waals surface area contributed by atoms with Crippen LogP contribution in [-0.4, -0.2) is 21.8 Å². The molecule has 1 heterocycles. The van der Waals surface area contributed by atoms with Gasteiger partial charge in [-0.1, -0.05) is 35.9 Å². The van der Waals surface area contributed by atoms with Gasteiger partial charge in [0.05, 0.1) is 36.7 Å². The zero-order valence-corrected chi connectivity index (χ0v) is 22.3. The minimum atomic E-state index is -4.82. The fourth-order valence-electron chi connectivity index (χ4n) is 3.44. The molecule has 1 aromatic heterocycles. The minimum Gasteiger partial charge on any atom is -0.277 e. The van der Waals surface area contributed by atoms with Gasteiger partial charge < -0.3 is 0 Å². The van der Waals surface area contributed by atoms with Crippen LogP contribution in [0.2, 0.25) is 4.34 Å². The lowest BCUT2D eigenvalue weighted by atomic mass is 10.0. The number of thiophene rings is 1. The highest BCUT2D eigenvalue weighted by Crippen LogP contribution is 2.37. The molecule has 204 valence electrons. The van der Waals surface area contributed by atoms with Gasteiger partial charge in [-0.3, -0.25) is 19.6 Å². The molecule has 0 saturated heterocycles. The van der Waals surface area contributed by atoms with Crippen LogP contribution in [0.4, 0.5) is 30.2 Å². The van der Waals surface area contributed by atoms with E-state index in [1.165, 1.54) is 48.5 Å². The number of rotatable bonds is 8. The number of hydrogen-bond acceptors (Lipinski definition) is 7. The van der Waals surface area contributed by atoms with Gasteiger partial charge in [-0.25, -0.2) is 16.8 Å². The first kappa shape index (κ1) is 28.4. The lowest BCUT2D eigenvalue weighted by Crippen LogP contribution is -2.18. The number of nitrogens with one attached hydrogen (secondary N) is 2. The van der Waals surface area contributed by atoms with Gasteiger partial charge in [-0.2, -0.15) is 13.2 Å². The lowest BCUT2D eigenvalue weighted by molar-refractivity contribution is -0.384. The van der Waals surface area contributed by atoms with Crippen LogP contribution in [0.1, 0.15) is 5.56 Å². The van der Waals surface area contributed by atoms with Gasteiger partial charge in [0.2, 0.25) is 0 Å². The van der Waals surface area contributed by atoms with Crippen LogP contribution in [0, 0.1) is 10.1 Å². The van der Waals surface area contributed by atoms with Crippen molar-refractivity contribution in [2.45, 2.75) is 15.3 Å². The third-order valence-corrected chi connectivity index (χ3v) is 9.66. The number of hydrogen-bond donors (Lipinski definition) is 2. The molecule has 9 nitrogen and oxygen atoms in total. The predicted molar refractivity (Wildman–Crippen MR) is 141 cm³/mol. The molecule has 0 fully saturated rings. The van der Waals surface area contributed by atoms with Gasteiger partial charge in [0.15, 0.2) is 0 Å². The maximum atomic E-state index is 13.2. The molecule has 0 aliphatic heterocycles. The van der Waals surface area contributed by atoms with E-state index in [2.05, 4.69) is 9.44 Å². The van der Waals surface area contributed by atoms with Crippen molar-refractivity contribution < 1.29 is 34.9 Å². The van der Waals surface area contributed by atoms with Gasteiger partial charge in [0.1, 0.15) is 4.21 Å². The molecule has 0 bridgehead atoms. The van der Waals surface area contributed by atoms with Gasteiger partial charge in [0.25, 0.3) is 25.7 Å². The fourth-order valence-corrected chi connectivity index (χ4v) is 7.12. The molecule has 0 aliphatic rings. The van der Waals surface area contributed by atoms with E-state index in [0.29, 0.717) is 12.1 Å². The average Bonchev–Trinajstić information content (AvgIpc) is 3.32. The van der Waals surface area contributed by atoms with E-state index >= 15 is 0 Å². The van der Waals surface area contributed by atoms with Crippen molar-refractivity contribution >= 4 is 60.0 Å². The summed E-state index contributed by atoms with van der Waals surface area (Å²) in [6.45, 7) is 0. The molecular weight excluding hydrogens is 603 g/mol. The first-order valence-electron chi connectivity index (χ1n) is 10.5. The number of nitro benzene ring substituents is 1. The topological polar surface area (TPSA) is 135 Å². The Morgan fingerprint density at radius 2 is 1.51 bits per heavy atom. The van der Waals surface area contributed by atoms with Crippen LogP contribution in [-0.2, 0) is 26.2 Å². The Morgan fingerprint density at radius 1 is 0.821 bits per heavy atom. The van der Waals surface area contributed by atoms with Gasteiger partial charge in [0, 0.05) is 6.07 Å². The van der Waals surface area contributed by atoms with Crippen molar-refractivity contribution in [3.05, 3.63) is 98.9 Å². The van der Waals surface area contributed by atoms with Gasteiger partial charge >= 0.3 is 6.18 Å². The number of halogens is 4. The highest BCUT2D eigenvalue weighted by Gasteiger charge is 2.32. The van der Waals surface area contributed by atoms with E-state index in [4.69, 9.17) is 11.6 Å². The summed E-state index contributed by atoms with van der Waals surface area (Å²) in [5.41, 5.74) is -2.00. The SMILES string of the molecule is O=[N+]([O-])c1ccccc1-c1ccc(NS(=O)(=O)c2ccc(Cl)s2)c(NS(=O)(=O)c2cccc(C(F)(F)F)c2)c1. The summed E-state index contributed by atoms with van der Waals surface area (Å²) >= 11 is 6.56. The standard InChI is InChI=1S/C23H15ClF3N3O6S3/c24-21-10-11-22(37-21)39(35,36)28-18-9-8-14(17-6-1-2-7-20(17)30(31)32)12-19(18)29-38(33,34)16-5-3-4-15(13-16)23(25,26)27/h1-13,28-29H. The largest absolute Gasteiger partial charge is 0.416 e. The monoisotopic (exact) mass is 617 g/mol. The maximum absolute atomic E-state index is 13.2. The summed E-state index contributed by atoms with van der Waals surface area (Å²) in [6.07, 6.45) is -4.82. The average molecular weight is 618 g/mol. The minimum absolute atomic E-state index is 0.0847. The van der Waals surface area contributed by atoms with Crippen molar-refractivity contribution in [1.82, 2.24) is 0 Å². The Labute approximate surface area is 229 Å². The summed E-state index contributed by atoms with van der Waals surface area (Å²) in [5.74, 6) is 0. The summed E-state index contributed by atoms with van der Waals surface area (Å²) in [7, 11) is -8.97. The summed E-state index contributed by atoms with van der Waals surface area (Å²) in [4.78, 5) is 10.1. The first-order valence-corrected chi connectivity index (χ1v) is 14.7. The number of para-hydroxylation sites is 1. The van der Waals surface area contributed by atoms with E-state index in [-0.39, 0.29) is 31.0 Å². The van der Waals surface area contributed by atoms with E-state index in [0.717, 1.165) is 29.5 Å². The Hall–Kier alpha value is -3.66. The summed E-state index contributed by atoms with van der Waals surface area (Å²) in [5, 5.41) is 11.5. The van der Waals surface area contributed by atoms with E-state index in [1.54, 1.807) is 0 Å². The van der Waals surface area contributed by atoms with E-state index < -0.39 is 47.3 Å². The molecule has 4 rings (SSSR count). The van der Waals surface area contributed by atoms with E-state index in [1.807, 2.05) is 0 Å². The van der Waals surface area contributed by atoms with Crippen molar-refractivity contribution in [3.8, 4) is 11.1 Å². The fraction of sp³-hybridized carbons (Fsp3) is 0.0435. The van der Waals surface area contributed by atoms with Crippen molar-refractivity contribution in [3.63, 3.8) is 0 Å².